The minimum Gasteiger partial charge on any atom is -0.497 e. The van der Waals surface area contributed by atoms with Gasteiger partial charge in [-0.1, -0.05) is 30.3 Å². The zero-order valence-corrected chi connectivity index (χ0v) is 16.2. The largest absolute Gasteiger partial charge is 0.497 e. The van der Waals surface area contributed by atoms with Gasteiger partial charge in [0.2, 0.25) is 5.91 Å². The number of nitrogens with zero attached hydrogens (tertiary/aromatic N) is 1. The Hall–Kier alpha value is -1.94. The molecule has 1 heterocycles. The highest BCUT2D eigenvalue weighted by molar-refractivity contribution is 8.00. The third kappa shape index (κ3) is 5.53. The van der Waals surface area contributed by atoms with Crippen molar-refractivity contribution in [3.05, 3.63) is 60.2 Å². The lowest BCUT2D eigenvalue weighted by Crippen LogP contribution is -2.39. The van der Waals surface area contributed by atoms with Crippen molar-refractivity contribution in [1.82, 2.24) is 4.90 Å². The van der Waals surface area contributed by atoms with Crippen molar-refractivity contribution in [2.75, 3.05) is 26.0 Å². The number of rotatable bonds is 7. The Kier molecular flexibility index (Phi) is 7.01. The van der Waals surface area contributed by atoms with E-state index in [0.717, 1.165) is 48.9 Å². The molecule has 4 heteroatoms. The first-order valence-corrected chi connectivity index (χ1v) is 10.3. The number of likely N-dealkylation sites (tertiary alicyclic amines) is 1. The van der Waals surface area contributed by atoms with E-state index in [-0.39, 0.29) is 5.91 Å². The quantitative estimate of drug-likeness (QED) is 0.665. The van der Waals surface area contributed by atoms with Gasteiger partial charge in [-0.2, -0.15) is 0 Å². The summed E-state index contributed by atoms with van der Waals surface area (Å²) < 4.78 is 5.21. The van der Waals surface area contributed by atoms with Gasteiger partial charge in [-0.15, -0.1) is 11.8 Å². The average molecular weight is 370 g/mol. The summed E-state index contributed by atoms with van der Waals surface area (Å²) in [5.41, 5.74) is 1.36. The van der Waals surface area contributed by atoms with Gasteiger partial charge in [-0.05, 0) is 61.4 Å². The van der Waals surface area contributed by atoms with Gasteiger partial charge in [0.05, 0.1) is 12.9 Å². The first kappa shape index (κ1) is 18.8. The Morgan fingerprint density at radius 1 is 1.08 bits per heavy atom. The summed E-state index contributed by atoms with van der Waals surface area (Å²) in [5.74, 6) is 2.45. The van der Waals surface area contributed by atoms with Gasteiger partial charge in [0.25, 0.3) is 0 Å². The van der Waals surface area contributed by atoms with Crippen molar-refractivity contribution in [2.24, 2.45) is 5.92 Å². The van der Waals surface area contributed by atoms with Crippen molar-refractivity contribution in [1.29, 1.82) is 0 Å². The fraction of sp³-hybridized carbons (Fsp3) is 0.409. The summed E-state index contributed by atoms with van der Waals surface area (Å²) in [6, 6.07) is 18.5. The number of ether oxygens (including phenoxy) is 1. The molecule has 0 saturated carbocycles. The van der Waals surface area contributed by atoms with Crippen LogP contribution in [0, 0.1) is 5.92 Å². The van der Waals surface area contributed by atoms with Crippen LogP contribution in [-0.2, 0) is 11.2 Å². The average Bonchev–Trinajstić information content (AvgIpc) is 2.72. The van der Waals surface area contributed by atoms with Gasteiger partial charge >= 0.3 is 0 Å². The minimum atomic E-state index is 0.271. The van der Waals surface area contributed by atoms with Crippen LogP contribution in [0.25, 0.3) is 0 Å². The molecule has 0 aliphatic carbocycles. The second-order valence-electron chi connectivity index (χ2n) is 6.81. The molecule has 0 aromatic heterocycles. The summed E-state index contributed by atoms with van der Waals surface area (Å²) in [6.07, 6.45) is 4.55. The lowest BCUT2D eigenvalue weighted by molar-refractivity contribution is -0.129. The van der Waals surface area contributed by atoms with Crippen molar-refractivity contribution in [3.8, 4) is 5.75 Å². The van der Waals surface area contributed by atoms with Crippen LogP contribution in [0.1, 0.15) is 24.8 Å². The molecule has 0 spiro atoms. The van der Waals surface area contributed by atoms with Crippen LogP contribution in [0.4, 0.5) is 0 Å². The number of carbonyl (C=O) groups is 1. The van der Waals surface area contributed by atoms with Crippen LogP contribution in [0.2, 0.25) is 0 Å². The van der Waals surface area contributed by atoms with Gasteiger partial charge in [0, 0.05) is 18.0 Å². The van der Waals surface area contributed by atoms with Crippen LogP contribution in [-0.4, -0.2) is 36.8 Å². The smallest absolute Gasteiger partial charge is 0.232 e. The van der Waals surface area contributed by atoms with E-state index >= 15 is 0 Å². The van der Waals surface area contributed by atoms with Gasteiger partial charge in [-0.25, -0.2) is 0 Å². The predicted molar refractivity (Wildman–Crippen MR) is 108 cm³/mol. The summed E-state index contributed by atoms with van der Waals surface area (Å²) >= 11 is 1.63. The van der Waals surface area contributed by atoms with Gasteiger partial charge in [0.15, 0.2) is 0 Å². The van der Waals surface area contributed by atoms with E-state index in [9.17, 15) is 4.79 Å². The Morgan fingerprint density at radius 2 is 1.77 bits per heavy atom. The standard InChI is InChI=1S/C22H27NO2S/c1-25-20-11-9-18(10-12-20)7-8-19-13-15-23(16-14-19)22(24)17-26-21-5-3-2-4-6-21/h2-6,9-12,19H,7-8,13-17H2,1H3. The molecule has 138 valence electrons. The Morgan fingerprint density at radius 3 is 2.42 bits per heavy atom. The molecular weight excluding hydrogens is 342 g/mol. The molecule has 1 aliphatic heterocycles. The van der Waals surface area contributed by atoms with E-state index in [1.807, 2.05) is 35.2 Å². The summed E-state index contributed by atoms with van der Waals surface area (Å²) in [5, 5.41) is 0. The molecule has 1 aliphatic rings. The van der Waals surface area contributed by atoms with Crippen LogP contribution in [0.15, 0.2) is 59.5 Å². The second kappa shape index (κ2) is 9.67. The van der Waals surface area contributed by atoms with Crippen molar-refractivity contribution < 1.29 is 9.53 Å². The highest BCUT2D eigenvalue weighted by Gasteiger charge is 2.22. The van der Waals surface area contributed by atoms with Crippen LogP contribution in [0.3, 0.4) is 0 Å². The molecule has 0 N–H and O–H groups in total. The molecular formula is C22H27NO2S. The maximum Gasteiger partial charge on any atom is 0.232 e. The number of hydrogen-bond donors (Lipinski definition) is 0. The van der Waals surface area contributed by atoms with Crippen LogP contribution < -0.4 is 4.74 Å². The summed E-state index contributed by atoms with van der Waals surface area (Å²) in [4.78, 5) is 15.6. The van der Waals surface area contributed by atoms with E-state index in [4.69, 9.17) is 4.74 Å². The van der Waals surface area contributed by atoms with Gasteiger partial charge in [-0.3, -0.25) is 4.79 Å². The predicted octanol–water partition coefficient (Wildman–Crippen LogP) is 4.66. The lowest BCUT2D eigenvalue weighted by Gasteiger charge is -2.32. The lowest BCUT2D eigenvalue weighted by atomic mass is 9.90. The van der Waals surface area contributed by atoms with E-state index in [1.54, 1.807) is 18.9 Å². The number of methoxy groups -OCH3 is 1. The summed E-state index contributed by atoms with van der Waals surface area (Å²) in [7, 11) is 1.70. The molecule has 0 bridgehead atoms. The number of carbonyl (C=O) groups excluding carboxylic acids is 1. The highest BCUT2D eigenvalue weighted by Crippen LogP contribution is 2.24. The second-order valence-corrected chi connectivity index (χ2v) is 7.86. The Labute approximate surface area is 160 Å². The molecule has 2 aromatic carbocycles. The number of benzene rings is 2. The maximum atomic E-state index is 12.4. The van der Waals surface area contributed by atoms with E-state index < -0.39 is 0 Å². The highest BCUT2D eigenvalue weighted by atomic mass is 32.2. The van der Waals surface area contributed by atoms with Gasteiger partial charge in [0.1, 0.15) is 5.75 Å². The molecule has 3 rings (SSSR count). The maximum absolute atomic E-state index is 12.4. The topological polar surface area (TPSA) is 29.5 Å². The van der Waals surface area contributed by atoms with Crippen molar-refractivity contribution in [2.45, 2.75) is 30.6 Å². The fourth-order valence-electron chi connectivity index (χ4n) is 3.39. The number of amides is 1. The van der Waals surface area contributed by atoms with E-state index in [2.05, 4.69) is 24.3 Å². The first-order chi connectivity index (χ1) is 12.7. The number of piperidine rings is 1. The third-order valence-corrected chi connectivity index (χ3v) is 6.07. The number of thioether (sulfide) groups is 1. The first-order valence-electron chi connectivity index (χ1n) is 9.33. The zero-order chi connectivity index (χ0) is 18.2. The number of aryl methyl sites for hydroxylation is 1. The molecule has 0 unspecified atom stereocenters. The normalized spacial score (nSPS) is 15.0. The molecule has 0 radical (unpaired) electrons. The van der Waals surface area contributed by atoms with E-state index in [1.165, 1.54) is 12.0 Å². The Bertz CT molecular complexity index is 679. The monoisotopic (exact) mass is 369 g/mol. The summed E-state index contributed by atoms with van der Waals surface area (Å²) in [6.45, 7) is 1.81. The molecule has 3 nitrogen and oxygen atoms in total. The van der Waals surface area contributed by atoms with Crippen molar-refractivity contribution in [3.63, 3.8) is 0 Å². The van der Waals surface area contributed by atoms with E-state index in [0.29, 0.717) is 5.75 Å². The molecule has 1 fully saturated rings. The van der Waals surface area contributed by atoms with Crippen LogP contribution in [0.5, 0.6) is 5.75 Å². The molecule has 2 aromatic rings. The van der Waals surface area contributed by atoms with Gasteiger partial charge < -0.3 is 9.64 Å². The SMILES string of the molecule is COc1ccc(CCC2CCN(C(=O)CSc3ccccc3)CC2)cc1. The van der Waals surface area contributed by atoms with Crippen molar-refractivity contribution >= 4 is 17.7 Å². The minimum absolute atomic E-state index is 0.271. The Balaban J connectivity index is 1.37. The fourth-order valence-corrected chi connectivity index (χ4v) is 4.21. The zero-order valence-electron chi connectivity index (χ0n) is 15.4. The molecule has 1 saturated heterocycles. The molecule has 26 heavy (non-hydrogen) atoms. The molecule has 1 amide bonds. The third-order valence-electron chi connectivity index (χ3n) is 5.07. The van der Waals surface area contributed by atoms with Crippen LogP contribution >= 0.6 is 11.8 Å². The molecule has 0 atom stereocenters. The number of hydrogen-bond acceptors (Lipinski definition) is 3.